The normalized spacial score (nSPS) is 20.4. The number of hydrogen-bond donors (Lipinski definition) is 1. The van der Waals surface area contributed by atoms with Gasteiger partial charge in [-0.1, -0.05) is 12.1 Å². The zero-order chi connectivity index (χ0) is 17.6. The molecule has 0 aromatic heterocycles. The SMILES string of the molecule is CCOc1ccc(C2CC(N)CN(c3ccc(OCC)cc3)C2)cc1. The molecule has 1 heterocycles. The molecule has 2 unspecified atom stereocenters. The molecule has 0 bridgehead atoms. The van der Waals surface area contributed by atoms with E-state index in [2.05, 4.69) is 41.3 Å². The van der Waals surface area contributed by atoms with Crippen molar-refractivity contribution in [3.63, 3.8) is 0 Å². The number of piperidine rings is 1. The zero-order valence-electron chi connectivity index (χ0n) is 15.2. The van der Waals surface area contributed by atoms with E-state index in [-0.39, 0.29) is 6.04 Å². The van der Waals surface area contributed by atoms with Gasteiger partial charge in [0, 0.05) is 30.7 Å². The third-order valence-electron chi connectivity index (χ3n) is 4.66. The van der Waals surface area contributed by atoms with E-state index in [1.165, 1.54) is 11.3 Å². The van der Waals surface area contributed by atoms with Crippen LogP contribution in [0, 0.1) is 0 Å². The summed E-state index contributed by atoms with van der Waals surface area (Å²) in [5, 5.41) is 0. The number of hydrogen-bond acceptors (Lipinski definition) is 4. The minimum Gasteiger partial charge on any atom is -0.494 e. The average molecular weight is 340 g/mol. The lowest BCUT2D eigenvalue weighted by Gasteiger charge is -2.38. The smallest absolute Gasteiger partial charge is 0.119 e. The van der Waals surface area contributed by atoms with Crippen molar-refractivity contribution in [2.45, 2.75) is 32.2 Å². The van der Waals surface area contributed by atoms with Gasteiger partial charge in [0.15, 0.2) is 0 Å². The molecular formula is C21H28N2O2. The topological polar surface area (TPSA) is 47.7 Å². The van der Waals surface area contributed by atoms with Crippen molar-refractivity contribution >= 4 is 5.69 Å². The summed E-state index contributed by atoms with van der Waals surface area (Å²) in [6.07, 6.45) is 1.02. The fourth-order valence-electron chi connectivity index (χ4n) is 3.51. The fourth-order valence-corrected chi connectivity index (χ4v) is 3.51. The Morgan fingerprint density at radius 3 is 2.00 bits per heavy atom. The van der Waals surface area contributed by atoms with E-state index >= 15 is 0 Å². The molecule has 0 amide bonds. The van der Waals surface area contributed by atoms with Gasteiger partial charge in [-0.3, -0.25) is 0 Å². The molecule has 1 aliphatic heterocycles. The summed E-state index contributed by atoms with van der Waals surface area (Å²) in [5.41, 5.74) is 8.89. The van der Waals surface area contributed by atoms with Gasteiger partial charge in [0.05, 0.1) is 13.2 Å². The fraction of sp³-hybridized carbons (Fsp3) is 0.429. The van der Waals surface area contributed by atoms with E-state index in [1.54, 1.807) is 0 Å². The summed E-state index contributed by atoms with van der Waals surface area (Å²) in [4.78, 5) is 2.38. The van der Waals surface area contributed by atoms with Crippen LogP contribution in [-0.2, 0) is 0 Å². The van der Waals surface area contributed by atoms with E-state index in [0.29, 0.717) is 19.1 Å². The van der Waals surface area contributed by atoms with Gasteiger partial charge in [0.2, 0.25) is 0 Å². The summed E-state index contributed by atoms with van der Waals surface area (Å²) in [6.45, 7) is 7.26. The maximum atomic E-state index is 6.35. The molecule has 3 rings (SSSR count). The minimum absolute atomic E-state index is 0.178. The molecular weight excluding hydrogens is 312 g/mol. The number of benzene rings is 2. The maximum absolute atomic E-state index is 6.35. The molecule has 0 spiro atoms. The first-order valence-electron chi connectivity index (χ1n) is 9.15. The lowest BCUT2D eigenvalue weighted by Crippen LogP contribution is -2.46. The summed E-state index contributed by atoms with van der Waals surface area (Å²) in [5.74, 6) is 2.27. The van der Waals surface area contributed by atoms with Crippen LogP contribution in [0.2, 0.25) is 0 Å². The van der Waals surface area contributed by atoms with Gasteiger partial charge < -0.3 is 20.1 Å². The van der Waals surface area contributed by atoms with E-state index in [1.807, 2.05) is 26.0 Å². The predicted molar refractivity (Wildman–Crippen MR) is 103 cm³/mol. The zero-order valence-corrected chi connectivity index (χ0v) is 15.2. The number of rotatable bonds is 6. The molecule has 0 radical (unpaired) electrons. The van der Waals surface area contributed by atoms with Crippen LogP contribution < -0.4 is 20.1 Å². The van der Waals surface area contributed by atoms with E-state index < -0.39 is 0 Å². The minimum atomic E-state index is 0.178. The van der Waals surface area contributed by atoms with Crippen LogP contribution in [0.1, 0.15) is 31.7 Å². The molecule has 1 fully saturated rings. The number of nitrogens with zero attached hydrogens (tertiary/aromatic N) is 1. The molecule has 4 nitrogen and oxygen atoms in total. The highest BCUT2D eigenvalue weighted by atomic mass is 16.5. The van der Waals surface area contributed by atoms with E-state index in [0.717, 1.165) is 31.0 Å². The van der Waals surface area contributed by atoms with Crippen LogP contribution in [0.3, 0.4) is 0 Å². The second kappa shape index (κ2) is 8.26. The van der Waals surface area contributed by atoms with Crippen LogP contribution in [-0.4, -0.2) is 32.3 Å². The van der Waals surface area contributed by atoms with Gasteiger partial charge in [-0.05, 0) is 62.2 Å². The van der Waals surface area contributed by atoms with Crippen LogP contribution in [0.15, 0.2) is 48.5 Å². The number of nitrogens with two attached hydrogens (primary N) is 1. The lowest BCUT2D eigenvalue weighted by molar-refractivity contribution is 0.340. The summed E-state index contributed by atoms with van der Waals surface area (Å²) < 4.78 is 11.1. The van der Waals surface area contributed by atoms with Crippen LogP contribution in [0.25, 0.3) is 0 Å². The highest BCUT2D eigenvalue weighted by Crippen LogP contribution is 2.31. The predicted octanol–water partition coefficient (Wildman–Crippen LogP) is 3.81. The third-order valence-corrected chi connectivity index (χ3v) is 4.66. The Morgan fingerprint density at radius 1 is 0.880 bits per heavy atom. The molecule has 2 aromatic carbocycles. The summed E-state index contributed by atoms with van der Waals surface area (Å²) in [6, 6.07) is 16.9. The highest BCUT2D eigenvalue weighted by Gasteiger charge is 2.26. The Bertz CT molecular complexity index is 597. The van der Waals surface area contributed by atoms with Gasteiger partial charge in [0.25, 0.3) is 0 Å². The molecule has 4 heteroatoms. The Labute approximate surface area is 150 Å². The number of ether oxygens (including phenoxy) is 2. The molecule has 0 aliphatic carbocycles. The number of anilines is 1. The van der Waals surface area contributed by atoms with Crippen molar-refractivity contribution in [2.75, 3.05) is 31.2 Å². The lowest BCUT2D eigenvalue weighted by atomic mass is 9.88. The summed E-state index contributed by atoms with van der Waals surface area (Å²) >= 11 is 0. The Hall–Kier alpha value is -2.20. The van der Waals surface area contributed by atoms with Crippen molar-refractivity contribution in [2.24, 2.45) is 5.73 Å². The van der Waals surface area contributed by atoms with Gasteiger partial charge in [-0.2, -0.15) is 0 Å². The average Bonchev–Trinajstić information content (AvgIpc) is 2.63. The van der Waals surface area contributed by atoms with Crippen LogP contribution in [0.4, 0.5) is 5.69 Å². The standard InChI is InChI=1S/C21H28N2O2/c1-3-24-20-9-5-16(6-10-20)17-13-18(22)15-23(14-17)19-7-11-21(12-8-19)25-4-2/h5-12,17-18H,3-4,13-15,22H2,1-2H3. The first-order valence-corrected chi connectivity index (χ1v) is 9.15. The van der Waals surface area contributed by atoms with Gasteiger partial charge in [-0.15, -0.1) is 0 Å². The van der Waals surface area contributed by atoms with Crippen molar-refractivity contribution in [3.8, 4) is 11.5 Å². The second-order valence-electron chi connectivity index (χ2n) is 6.53. The molecule has 0 saturated carbocycles. The van der Waals surface area contributed by atoms with Gasteiger partial charge >= 0.3 is 0 Å². The molecule has 2 N–H and O–H groups in total. The molecule has 1 aliphatic rings. The van der Waals surface area contributed by atoms with Crippen molar-refractivity contribution in [1.29, 1.82) is 0 Å². The van der Waals surface area contributed by atoms with Gasteiger partial charge in [-0.25, -0.2) is 0 Å². The van der Waals surface area contributed by atoms with Gasteiger partial charge in [0.1, 0.15) is 11.5 Å². The second-order valence-corrected chi connectivity index (χ2v) is 6.53. The molecule has 25 heavy (non-hydrogen) atoms. The Kier molecular flexibility index (Phi) is 5.82. The Balaban J connectivity index is 1.72. The first kappa shape index (κ1) is 17.6. The van der Waals surface area contributed by atoms with Crippen LogP contribution >= 0.6 is 0 Å². The highest BCUT2D eigenvalue weighted by molar-refractivity contribution is 5.50. The monoisotopic (exact) mass is 340 g/mol. The van der Waals surface area contributed by atoms with E-state index in [4.69, 9.17) is 15.2 Å². The molecule has 2 atom stereocenters. The quantitative estimate of drug-likeness (QED) is 0.869. The van der Waals surface area contributed by atoms with E-state index in [9.17, 15) is 0 Å². The van der Waals surface area contributed by atoms with Crippen LogP contribution in [0.5, 0.6) is 11.5 Å². The maximum Gasteiger partial charge on any atom is 0.119 e. The van der Waals surface area contributed by atoms with Crippen molar-refractivity contribution in [1.82, 2.24) is 0 Å². The van der Waals surface area contributed by atoms with Crippen molar-refractivity contribution < 1.29 is 9.47 Å². The molecule has 1 saturated heterocycles. The largest absolute Gasteiger partial charge is 0.494 e. The Morgan fingerprint density at radius 2 is 1.44 bits per heavy atom. The van der Waals surface area contributed by atoms with Crippen molar-refractivity contribution in [3.05, 3.63) is 54.1 Å². The molecule has 2 aromatic rings. The molecule has 134 valence electrons. The summed E-state index contributed by atoms with van der Waals surface area (Å²) in [7, 11) is 0. The first-order chi connectivity index (χ1) is 12.2. The third kappa shape index (κ3) is 4.45.